The van der Waals surface area contributed by atoms with Crippen molar-refractivity contribution in [2.24, 2.45) is 0 Å². The molecule has 2 rings (SSSR count). The first-order valence-corrected chi connectivity index (χ1v) is 3.95. The molecule has 1 nitrogen and oxygen atoms in total. The quantitative estimate of drug-likeness (QED) is 0.549. The molecule has 56 valence electrons. The minimum Gasteiger partial charge on any atom is -0.384 e. The highest BCUT2D eigenvalue weighted by atomic mass is 14.9. The summed E-state index contributed by atoms with van der Waals surface area (Å²) >= 11 is 0. The van der Waals surface area contributed by atoms with E-state index in [0.29, 0.717) is 0 Å². The second kappa shape index (κ2) is 2.79. The summed E-state index contributed by atoms with van der Waals surface area (Å²) in [5.41, 5.74) is 2.70. The van der Waals surface area contributed by atoms with Crippen LogP contribution in [0.2, 0.25) is 0 Å². The molecule has 0 unspecified atom stereocenters. The van der Waals surface area contributed by atoms with Crippen molar-refractivity contribution in [1.29, 1.82) is 0 Å². The fourth-order valence-electron chi connectivity index (χ4n) is 1.37. The molecule has 0 fully saturated rings. The molecule has 1 heterocycles. The largest absolute Gasteiger partial charge is 0.384 e. The summed E-state index contributed by atoms with van der Waals surface area (Å²) in [5, 5.41) is 3.33. The van der Waals surface area contributed by atoms with E-state index in [1.165, 1.54) is 11.3 Å². The maximum Gasteiger partial charge on any atom is 0.0373 e. The van der Waals surface area contributed by atoms with Crippen LogP contribution < -0.4 is 5.32 Å². The molecule has 1 aliphatic heterocycles. The van der Waals surface area contributed by atoms with E-state index >= 15 is 0 Å². The minimum absolute atomic E-state index is 1.08. The molecule has 0 bridgehead atoms. The van der Waals surface area contributed by atoms with Gasteiger partial charge in [-0.2, -0.15) is 0 Å². The highest BCUT2D eigenvalue weighted by molar-refractivity contribution is 5.39. The predicted molar refractivity (Wildman–Crippen MR) is 47.1 cm³/mol. The van der Waals surface area contributed by atoms with Gasteiger partial charge in [-0.3, -0.25) is 0 Å². The Bertz CT molecular complexity index is 241. The molecule has 1 aliphatic carbocycles. The van der Waals surface area contributed by atoms with Crippen molar-refractivity contribution in [1.82, 2.24) is 5.32 Å². The normalized spacial score (nSPS) is 29.8. The molecule has 0 aromatic carbocycles. The first kappa shape index (κ1) is 6.47. The molecular formula is C10H11N. The summed E-state index contributed by atoms with van der Waals surface area (Å²) in [6.07, 6.45) is 13.7. The highest BCUT2D eigenvalue weighted by Gasteiger charge is 2.07. The molecule has 1 N–H and O–H groups in total. The van der Waals surface area contributed by atoms with Crippen LogP contribution in [0.5, 0.6) is 0 Å². The fraction of sp³-hybridized carbons (Fsp3) is 0.200. The standard InChI is InChI=1S/C10H11N/c1-2-4-6-10-9(5-3-1)7-8-11-10/h1-6,11H,7-8H2/b2-1-,3-1?,4-2?,5-3-,6-4-,9-5?,10-6?. The van der Waals surface area contributed by atoms with Crippen molar-refractivity contribution in [2.75, 3.05) is 6.54 Å². The topological polar surface area (TPSA) is 12.0 Å². The van der Waals surface area contributed by atoms with Gasteiger partial charge in [-0.25, -0.2) is 0 Å². The number of hydrogen-bond donors (Lipinski definition) is 1. The first-order chi connectivity index (χ1) is 5.47. The second-order valence-electron chi connectivity index (χ2n) is 2.72. The molecule has 1 heteroatoms. The Morgan fingerprint density at radius 1 is 1.00 bits per heavy atom. The van der Waals surface area contributed by atoms with Gasteiger partial charge in [-0.15, -0.1) is 0 Å². The minimum atomic E-state index is 1.08. The SMILES string of the molecule is C1=C\C=C/C2=C(\C=C/1)CCN2. The van der Waals surface area contributed by atoms with Crippen LogP contribution in [-0.2, 0) is 0 Å². The molecule has 0 amide bonds. The summed E-state index contributed by atoms with van der Waals surface area (Å²) in [4.78, 5) is 0. The monoisotopic (exact) mass is 145 g/mol. The van der Waals surface area contributed by atoms with Crippen LogP contribution in [0.1, 0.15) is 6.42 Å². The van der Waals surface area contributed by atoms with Crippen molar-refractivity contribution in [2.45, 2.75) is 6.42 Å². The van der Waals surface area contributed by atoms with E-state index in [-0.39, 0.29) is 0 Å². The Balaban J connectivity index is 2.33. The lowest BCUT2D eigenvalue weighted by molar-refractivity contribution is 0.889. The first-order valence-electron chi connectivity index (χ1n) is 3.95. The average Bonchev–Trinajstić information content (AvgIpc) is 2.35. The molecule has 11 heavy (non-hydrogen) atoms. The number of allylic oxidation sites excluding steroid dienone is 6. The third-order valence-corrected chi connectivity index (χ3v) is 1.95. The lowest BCUT2D eigenvalue weighted by atomic mass is 10.1. The van der Waals surface area contributed by atoms with Gasteiger partial charge in [0.05, 0.1) is 0 Å². The van der Waals surface area contributed by atoms with E-state index < -0.39 is 0 Å². The maximum atomic E-state index is 3.33. The maximum absolute atomic E-state index is 3.33. The zero-order valence-electron chi connectivity index (χ0n) is 6.38. The molecule has 0 saturated heterocycles. The van der Waals surface area contributed by atoms with Crippen LogP contribution >= 0.6 is 0 Å². The van der Waals surface area contributed by atoms with Crippen LogP contribution in [0, 0.1) is 0 Å². The zero-order valence-corrected chi connectivity index (χ0v) is 6.38. The van der Waals surface area contributed by atoms with Gasteiger partial charge in [0, 0.05) is 12.2 Å². The smallest absolute Gasteiger partial charge is 0.0373 e. The van der Waals surface area contributed by atoms with E-state index in [0.717, 1.165) is 13.0 Å². The van der Waals surface area contributed by atoms with E-state index in [2.05, 4.69) is 35.7 Å². The van der Waals surface area contributed by atoms with E-state index in [1.54, 1.807) is 0 Å². The summed E-state index contributed by atoms with van der Waals surface area (Å²) in [6, 6.07) is 0. The van der Waals surface area contributed by atoms with E-state index in [4.69, 9.17) is 0 Å². The predicted octanol–water partition coefficient (Wildman–Crippen LogP) is 1.92. The third kappa shape index (κ3) is 1.27. The third-order valence-electron chi connectivity index (χ3n) is 1.95. The highest BCUT2D eigenvalue weighted by Crippen LogP contribution is 2.16. The van der Waals surface area contributed by atoms with E-state index in [1.807, 2.05) is 6.08 Å². The van der Waals surface area contributed by atoms with Gasteiger partial charge in [0.1, 0.15) is 0 Å². The lowest BCUT2D eigenvalue weighted by Crippen LogP contribution is -2.04. The Kier molecular flexibility index (Phi) is 1.64. The molecular weight excluding hydrogens is 134 g/mol. The van der Waals surface area contributed by atoms with Crippen molar-refractivity contribution in [3.8, 4) is 0 Å². The van der Waals surface area contributed by atoms with Gasteiger partial charge < -0.3 is 5.32 Å². The molecule has 2 aliphatic rings. The second-order valence-corrected chi connectivity index (χ2v) is 2.72. The van der Waals surface area contributed by atoms with Crippen molar-refractivity contribution >= 4 is 0 Å². The van der Waals surface area contributed by atoms with Gasteiger partial charge in [-0.05, 0) is 18.1 Å². The molecule has 0 aromatic heterocycles. The fourth-order valence-corrected chi connectivity index (χ4v) is 1.37. The van der Waals surface area contributed by atoms with Gasteiger partial charge in [-0.1, -0.05) is 30.4 Å². The Hall–Kier alpha value is -1.24. The van der Waals surface area contributed by atoms with Crippen LogP contribution in [0.3, 0.4) is 0 Å². The number of rotatable bonds is 0. The van der Waals surface area contributed by atoms with Gasteiger partial charge in [0.15, 0.2) is 0 Å². The summed E-state index contributed by atoms with van der Waals surface area (Å²) < 4.78 is 0. The van der Waals surface area contributed by atoms with Crippen LogP contribution in [-0.4, -0.2) is 6.54 Å². The molecule has 0 spiro atoms. The van der Waals surface area contributed by atoms with Crippen LogP contribution in [0.25, 0.3) is 0 Å². The number of hydrogen-bond acceptors (Lipinski definition) is 1. The lowest BCUT2D eigenvalue weighted by Gasteiger charge is -1.97. The molecule has 0 radical (unpaired) electrons. The Morgan fingerprint density at radius 2 is 1.82 bits per heavy atom. The van der Waals surface area contributed by atoms with Crippen LogP contribution in [0.15, 0.2) is 47.7 Å². The number of nitrogens with one attached hydrogen (secondary N) is 1. The molecule has 0 atom stereocenters. The van der Waals surface area contributed by atoms with E-state index in [9.17, 15) is 0 Å². The average molecular weight is 145 g/mol. The summed E-state index contributed by atoms with van der Waals surface area (Å²) in [5.74, 6) is 0. The summed E-state index contributed by atoms with van der Waals surface area (Å²) in [6.45, 7) is 1.08. The zero-order chi connectivity index (χ0) is 7.52. The van der Waals surface area contributed by atoms with Gasteiger partial charge >= 0.3 is 0 Å². The molecule has 0 saturated carbocycles. The van der Waals surface area contributed by atoms with Crippen LogP contribution in [0.4, 0.5) is 0 Å². The van der Waals surface area contributed by atoms with Gasteiger partial charge in [0.25, 0.3) is 0 Å². The Morgan fingerprint density at radius 3 is 2.73 bits per heavy atom. The Labute approximate surface area is 66.8 Å². The van der Waals surface area contributed by atoms with Crippen molar-refractivity contribution < 1.29 is 0 Å². The van der Waals surface area contributed by atoms with Crippen molar-refractivity contribution in [3.05, 3.63) is 47.7 Å². The molecule has 0 aromatic rings. The van der Waals surface area contributed by atoms with Gasteiger partial charge in [0.2, 0.25) is 0 Å². The summed E-state index contributed by atoms with van der Waals surface area (Å²) in [7, 11) is 0. The van der Waals surface area contributed by atoms with Crippen molar-refractivity contribution in [3.63, 3.8) is 0 Å².